The maximum absolute atomic E-state index is 5.96. The van der Waals surface area contributed by atoms with Crippen molar-refractivity contribution in [1.29, 1.82) is 0 Å². The number of ether oxygens (including phenoxy) is 3. The fourth-order valence-corrected chi connectivity index (χ4v) is 3.26. The number of benzene rings is 2. The van der Waals surface area contributed by atoms with E-state index in [1.165, 1.54) is 0 Å². The summed E-state index contributed by atoms with van der Waals surface area (Å²) >= 11 is 5.56. The molecule has 0 saturated carbocycles. The van der Waals surface area contributed by atoms with E-state index in [-0.39, 0.29) is 0 Å². The summed E-state index contributed by atoms with van der Waals surface area (Å²) in [6.45, 7) is 8.40. The summed E-state index contributed by atoms with van der Waals surface area (Å²) in [7, 11) is 0. The second-order valence-corrected chi connectivity index (χ2v) is 6.99. The average Bonchev–Trinajstić information content (AvgIpc) is 2.74. The maximum atomic E-state index is 5.96. The number of hydrogen-bond acceptors (Lipinski definition) is 5. The average molecular weight is 401 g/mol. The highest BCUT2D eigenvalue weighted by Crippen LogP contribution is 2.29. The summed E-state index contributed by atoms with van der Waals surface area (Å²) < 4.78 is 17.1. The first-order chi connectivity index (χ1) is 13.8. The molecule has 0 atom stereocenters. The van der Waals surface area contributed by atoms with E-state index in [1.807, 2.05) is 55.5 Å². The van der Waals surface area contributed by atoms with Gasteiger partial charge in [-0.3, -0.25) is 4.90 Å². The molecular weight excluding hydrogens is 372 g/mol. The summed E-state index contributed by atoms with van der Waals surface area (Å²) in [6.07, 6.45) is 0. The maximum Gasteiger partial charge on any atom is 0.161 e. The Balaban J connectivity index is 1.56. The molecule has 0 spiro atoms. The fraction of sp³-hybridized carbons (Fsp3) is 0.409. The molecule has 1 aliphatic heterocycles. The van der Waals surface area contributed by atoms with E-state index in [1.54, 1.807) is 0 Å². The smallest absolute Gasteiger partial charge is 0.161 e. The topological polar surface area (TPSA) is 43.0 Å². The molecule has 0 bridgehead atoms. The van der Waals surface area contributed by atoms with Crippen molar-refractivity contribution in [1.82, 2.24) is 10.2 Å². The Morgan fingerprint density at radius 3 is 2.61 bits per heavy atom. The molecule has 1 aliphatic rings. The molecule has 1 heterocycles. The minimum Gasteiger partial charge on any atom is -0.490 e. The molecule has 150 valence electrons. The lowest BCUT2D eigenvalue weighted by molar-refractivity contribution is 0.0389. The lowest BCUT2D eigenvalue weighted by Gasteiger charge is -2.26. The predicted molar refractivity (Wildman–Crippen MR) is 115 cm³/mol. The van der Waals surface area contributed by atoms with E-state index in [0.29, 0.717) is 19.0 Å². The van der Waals surface area contributed by atoms with Crippen molar-refractivity contribution in [2.75, 3.05) is 46.0 Å². The first-order valence-electron chi connectivity index (χ1n) is 9.78. The highest BCUT2D eigenvalue weighted by molar-refractivity contribution is 7.80. The van der Waals surface area contributed by atoms with Crippen molar-refractivity contribution < 1.29 is 14.2 Å². The summed E-state index contributed by atoms with van der Waals surface area (Å²) in [4.78, 5) is 3.11. The Morgan fingerprint density at radius 2 is 1.86 bits per heavy atom. The summed E-state index contributed by atoms with van der Waals surface area (Å²) in [6, 6.07) is 16.0. The van der Waals surface area contributed by atoms with Crippen molar-refractivity contribution in [3.63, 3.8) is 0 Å². The number of rotatable bonds is 9. The largest absolute Gasteiger partial charge is 0.490 e. The SMILES string of the molecule is CCOc1cc(C(=S)NCCN2CCOCC2)ccc1OCc1ccccc1. The zero-order chi connectivity index (χ0) is 19.6. The summed E-state index contributed by atoms with van der Waals surface area (Å²) in [5.74, 6) is 1.44. The zero-order valence-corrected chi connectivity index (χ0v) is 17.2. The van der Waals surface area contributed by atoms with Gasteiger partial charge in [0.25, 0.3) is 0 Å². The number of morpholine rings is 1. The Hall–Kier alpha value is -2.15. The van der Waals surface area contributed by atoms with Crippen LogP contribution in [0.5, 0.6) is 11.5 Å². The van der Waals surface area contributed by atoms with Crippen molar-refractivity contribution in [3.8, 4) is 11.5 Å². The molecule has 2 aromatic carbocycles. The molecule has 6 heteroatoms. The summed E-state index contributed by atoms with van der Waals surface area (Å²) in [5, 5.41) is 3.35. The van der Waals surface area contributed by atoms with Crippen LogP contribution in [0, 0.1) is 0 Å². The first kappa shape index (κ1) is 20.6. The molecule has 0 radical (unpaired) electrons. The van der Waals surface area contributed by atoms with Gasteiger partial charge in [0.05, 0.1) is 19.8 Å². The molecule has 0 aromatic heterocycles. The molecule has 5 nitrogen and oxygen atoms in total. The Kier molecular flexibility index (Phi) is 8.08. The molecule has 0 unspecified atom stereocenters. The lowest BCUT2D eigenvalue weighted by atomic mass is 10.2. The Bertz CT molecular complexity index is 749. The Morgan fingerprint density at radius 1 is 1.07 bits per heavy atom. The fourth-order valence-electron chi connectivity index (χ4n) is 3.03. The van der Waals surface area contributed by atoms with Crippen molar-refractivity contribution in [3.05, 3.63) is 59.7 Å². The van der Waals surface area contributed by atoms with Gasteiger partial charge in [-0.2, -0.15) is 0 Å². The van der Waals surface area contributed by atoms with E-state index in [4.69, 9.17) is 26.4 Å². The van der Waals surface area contributed by atoms with Crippen LogP contribution in [0.2, 0.25) is 0 Å². The second kappa shape index (κ2) is 11.0. The monoisotopic (exact) mass is 400 g/mol. The van der Waals surface area contributed by atoms with Crippen LogP contribution in [-0.4, -0.2) is 55.9 Å². The first-order valence-corrected chi connectivity index (χ1v) is 10.2. The van der Waals surface area contributed by atoms with E-state index in [9.17, 15) is 0 Å². The molecule has 3 rings (SSSR count). The third-order valence-corrected chi connectivity index (χ3v) is 4.94. The molecule has 1 fully saturated rings. The molecule has 28 heavy (non-hydrogen) atoms. The van der Waals surface area contributed by atoms with Crippen molar-refractivity contribution >= 4 is 17.2 Å². The minimum absolute atomic E-state index is 0.502. The lowest BCUT2D eigenvalue weighted by Crippen LogP contribution is -2.41. The van der Waals surface area contributed by atoms with Crippen LogP contribution in [0.25, 0.3) is 0 Å². The van der Waals surface area contributed by atoms with Crippen LogP contribution >= 0.6 is 12.2 Å². The number of nitrogens with one attached hydrogen (secondary N) is 1. The molecule has 1 N–H and O–H groups in total. The molecular formula is C22H28N2O3S. The molecule has 2 aromatic rings. The number of nitrogens with zero attached hydrogens (tertiary/aromatic N) is 1. The highest BCUT2D eigenvalue weighted by atomic mass is 32.1. The van der Waals surface area contributed by atoms with E-state index < -0.39 is 0 Å². The van der Waals surface area contributed by atoms with Gasteiger partial charge in [0.15, 0.2) is 11.5 Å². The predicted octanol–water partition coefficient (Wildman–Crippen LogP) is 3.26. The van der Waals surface area contributed by atoms with Crippen LogP contribution in [-0.2, 0) is 11.3 Å². The second-order valence-electron chi connectivity index (χ2n) is 6.58. The molecule has 0 aliphatic carbocycles. The third kappa shape index (κ3) is 6.19. The van der Waals surface area contributed by atoms with Crippen LogP contribution in [0.3, 0.4) is 0 Å². The normalized spacial score (nSPS) is 14.5. The van der Waals surface area contributed by atoms with Gasteiger partial charge in [-0.1, -0.05) is 42.5 Å². The van der Waals surface area contributed by atoms with Crippen LogP contribution in [0.1, 0.15) is 18.1 Å². The van der Waals surface area contributed by atoms with Gasteiger partial charge in [0.2, 0.25) is 0 Å². The van der Waals surface area contributed by atoms with Gasteiger partial charge in [-0.05, 0) is 30.7 Å². The summed E-state index contributed by atoms with van der Waals surface area (Å²) in [5.41, 5.74) is 2.06. The third-order valence-electron chi connectivity index (χ3n) is 4.56. The van der Waals surface area contributed by atoms with Crippen LogP contribution < -0.4 is 14.8 Å². The van der Waals surface area contributed by atoms with Gasteiger partial charge in [-0.15, -0.1) is 0 Å². The minimum atomic E-state index is 0.502. The molecule has 1 saturated heterocycles. The van der Waals surface area contributed by atoms with Gasteiger partial charge >= 0.3 is 0 Å². The van der Waals surface area contributed by atoms with Crippen molar-refractivity contribution in [2.45, 2.75) is 13.5 Å². The van der Waals surface area contributed by atoms with E-state index in [0.717, 1.165) is 61.3 Å². The quantitative estimate of drug-likeness (QED) is 0.652. The number of thiocarbonyl (C=S) groups is 1. The number of hydrogen-bond donors (Lipinski definition) is 1. The van der Waals surface area contributed by atoms with Gasteiger partial charge in [0.1, 0.15) is 11.6 Å². The van der Waals surface area contributed by atoms with E-state index >= 15 is 0 Å². The zero-order valence-electron chi connectivity index (χ0n) is 16.4. The Labute approximate surface area is 172 Å². The van der Waals surface area contributed by atoms with Crippen LogP contribution in [0.4, 0.5) is 0 Å². The van der Waals surface area contributed by atoms with Crippen LogP contribution in [0.15, 0.2) is 48.5 Å². The van der Waals surface area contributed by atoms with Crippen molar-refractivity contribution in [2.24, 2.45) is 0 Å². The van der Waals surface area contributed by atoms with Gasteiger partial charge in [-0.25, -0.2) is 0 Å². The van der Waals surface area contributed by atoms with Gasteiger partial charge in [0, 0.05) is 31.7 Å². The van der Waals surface area contributed by atoms with Gasteiger partial charge < -0.3 is 19.5 Å². The highest BCUT2D eigenvalue weighted by Gasteiger charge is 2.12. The standard InChI is InChI=1S/C22H28N2O3S/c1-2-26-21-16-19(22(28)23-10-11-24-12-14-25-15-13-24)8-9-20(21)27-17-18-6-4-3-5-7-18/h3-9,16H,2,10-15,17H2,1H3,(H,23,28). The van der Waals surface area contributed by atoms with E-state index in [2.05, 4.69) is 10.2 Å². The molecule has 0 amide bonds.